The number of piperazine rings is 1. The number of Topliss-reactive ketones (excluding diaryl/α,β-unsaturated/α-hetero) is 1. The number of hydrogen-bond acceptors (Lipinski definition) is 4. The molecule has 2 aliphatic heterocycles. The van der Waals surface area contributed by atoms with Crippen molar-refractivity contribution in [2.75, 3.05) is 32.7 Å². The predicted molar refractivity (Wildman–Crippen MR) is 69.6 cm³/mol. The Morgan fingerprint density at radius 1 is 0.950 bits per heavy atom. The van der Waals surface area contributed by atoms with Gasteiger partial charge < -0.3 is 14.7 Å². The fourth-order valence-corrected chi connectivity index (χ4v) is 2.69. The average molecular weight is 281 g/mol. The summed E-state index contributed by atoms with van der Waals surface area (Å²) in [5.41, 5.74) is 0. The summed E-state index contributed by atoms with van der Waals surface area (Å²) < 4.78 is 0. The SMILES string of the molecule is CC(=O)N1CCN(C(=O)[C@@H]2CC(=O)CN2C(C)=O)CC1. The molecule has 2 heterocycles. The minimum atomic E-state index is -0.663. The van der Waals surface area contributed by atoms with Crippen LogP contribution in [-0.4, -0.2) is 77.0 Å². The van der Waals surface area contributed by atoms with Crippen LogP contribution in [0.5, 0.6) is 0 Å². The van der Waals surface area contributed by atoms with Crippen LogP contribution in [0.4, 0.5) is 0 Å². The maximum atomic E-state index is 12.4. The van der Waals surface area contributed by atoms with Crippen LogP contribution in [0.2, 0.25) is 0 Å². The average Bonchev–Trinajstić information content (AvgIpc) is 2.80. The number of amides is 3. The maximum Gasteiger partial charge on any atom is 0.245 e. The fourth-order valence-electron chi connectivity index (χ4n) is 2.69. The normalized spacial score (nSPS) is 23.2. The Morgan fingerprint density at radius 3 is 2.00 bits per heavy atom. The summed E-state index contributed by atoms with van der Waals surface area (Å²) in [5.74, 6) is -0.523. The van der Waals surface area contributed by atoms with Gasteiger partial charge in [0.15, 0.2) is 5.78 Å². The van der Waals surface area contributed by atoms with Crippen molar-refractivity contribution in [2.45, 2.75) is 26.3 Å². The molecule has 0 radical (unpaired) electrons. The van der Waals surface area contributed by atoms with Crippen LogP contribution >= 0.6 is 0 Å². The van der Waals surface area contributed by atoms with Crippen LogP contribution in [0.25, 0.3) is 0 Å². The van der Waals surface area contributed by atoms with Crippen molar-refractivity contribution in [1.82, 2.24) is 14.7 Å². The molecule has 0 spiro atoms. The van der Waals surface area contributed by atoms with Gasteiger partial charge in [-0.1, -0.05) is 0 Å². The van der Waals surface area contributed by atoms with Crippen LogP contribution in [0, 0.1) is 0 Å². The number of rotatable bonds is 1. The van der Waals surface area contributed by atoms with Crippen LogP contribution in [-0.2, 0) is 19.2 Å². The third kappa shape index (κ3) is 2.81. The summed E-state index contributed by atoms with van der Waals surface area (Å²) in [4.78, 5) is 51.3. The van der Waals surface area contributed by atoms with Gasteiger partial charge in [0.25, 0.3) is 0 Å². The van der Waals surface area contributed by atoms with Crippen molar-refractivity contribution in [1.29, 1.82) is 0 Å². The minimum absolute atomic E-state index is 0.00138. The van der Waals surface area contributed by atoms with Gasteiger partial charge >= 0.3 is 0 Å². The van der Waals surface area contributed by atoms with Crippen molar-refractivity contribution >= 4 is 23.5 Å². The Hall–Kier alpha value is -1.92. The predicted octanol–water partition coefficient (Wildman–Crippen LogP) is -1.13. The van der Waals surface area contributed by atoms with E-state index in [1.807, 2.05) is 0 Å². The standard InChI is InChI=1S/C13H19N3O4/c1-9(17)14-3-5-15(6-4-14)13(20)12-7-11(19)8-16(12)10(2)18/h12H,3-8H2,1-2H3/t12-/m0/s1. The quantitative estimate of drug-likeness (QED) is 0.609. The van der Waals surface area contributed by atoms with Crippen molar-refractivity contribution in [2.24, 2.45) is 0 Å². The van der Waals surface area contributed by atoms with E-state index < -0.39 is 6.04 Å². The molecule has 3 amide bonds. The lowest BCUT2D eigenvalue weighted by molar-refractivity contribution is -0.145. The van der Waals surface area contributed by atoms with Gasteiger partial charge in [-0.05, 0) is 0 Å². The second kappa shape index (κ2) is 5.60. The highest BCUT2D eigenvalue weighted by Gasteiger charge is 2.40. The first-order chi connectivity index (χ1) is 9.40. The monoisotopic (exact) mass is 281 g/mol. The van der Waals surface area contributed by atoms with Gasteiger partial charge in [0.05, 0.1) is 6.54 Å². The van der Waals surface area contributed by atoms with Gasteiger partial charge in [-0.25, -0.2) is 0 Å². The Labute approximate surface area is 117 Å². The maximum absolute atomic E-state index is 12.4. The first-order valence-electron chi connectivity index (χ1n) is 6.73. The zero-order valence-corrected chi connectivity index (χ0v) is 11.8. The van der Waals surface area contributed by atoms with Crippen molar-refractivity contribution in [3.63, 3.8) is 0 Å². The number of hydrogen-bond donors (Lipinski definition) is 0. The Balaban J connectivity index is 1.99. The number of nitrogens with zero attached hydrogens (tertiary/aromatic N) is 3. The first-order valence-corrected chi connectivity index (χ1v) is 6.73. The zero-order valence-electron chi connectivity index (χ0n) is 11.8. The Bertz CT molecular complexity index is 455. The molecule has 0 saturated carbocycles. The second-order valence-electron chi connectivity index (χ2n) is 5.24. The summed E-state index contributed by atoms with van der Waals surface area (Å²) >= 11 is 0. The number of carbonyl (C=O) groups excluding carboxylic acids is 4. The third-order valence-electron chi connectivity index (χ3n) is 3.87. The van der Waals surface area contributed by atoms with Crippen molar-refractivity contribution in [3.05, 3.63) is 0 Å². The van der Waals surface area contributed by atoms with Gasteiger partial charge in [-0.2, -0.15) is 0 Å². The highest BCUT2D eigenvalue weighted by atomic mass is 16.2. The second-order valence-corrected chi connectivity index (χ2v) is 5.24. The molecule has 0 aromatic heterocycles. The largest absolute Gasteiger partial charge is 0.339 e. The van der Waals surface area contributed by atoms with E-state index in [0.29, 0.717) is 26.2 Å². The summed E-state index contributed by atoms with van der Waals surface area (Å²) in [6.45, 7) is 4.81. The molecule has 2 saturated heterocycles. The molecule has 0 bridgehead atoms. The topological polar surface area (TPSA) is 78.0 Å². The molecule has 0 aliphatic carbocycles. The lowest BCUT2D eigenvalue weighted by atomic mass is 10.1. The van der Waals surface area contributed by atoms with E-state index in [1.165, 1.54) is 18.7 Å². The van der Waals surface area contributed by atoms with Crippen LogP contribution < -0.4 is 0 Å². The Kier molecular flexibility index (Phi) is 4.06. The van der Waals surface area contributed by atoms with Gasteiger partial charge in [0.1, 0.15) is 6.04 Å². The van der Waals surface area contributed by atoms with Crippen LogP contribution in [0.3, 0.4) is 0 Å². The molecule has 2 fully saturated rings. The lowest BCUT2D eigenvalue weighted by Gasteiger charge is -2.36. The first kappa shape index (κ1) is 14.5. The van der Waals surface area contributed by atoms with E-state index in [-0.39, 0.29) is 36.5 Å². The molecule has 0 aromatic rings. The summed E-state index contributed by atoms with van der Waals surface area (Å²) in [5, 5.41) is 0. The highest BCUT2D eigenvalue weighted by Crippen LogP contribution is 2.18. The summed E-state index contributed by atoms with van der Waals surface area (Å²) in [6, 6.07) is -0.663. The number of carbonyl (C=O) groups is 4. The smallest absolute Gasteiger partial charge is 0.245 e. The van der Waals surface area contributed by atoms with Gasteiger partial charge in [0, 0.05) is 46.4 Å². The summed E-state index contributed by atoms with van der Waals surface area (Å²) in [6.07, 6.45) is 0.103. The van der Waals surface area contributed by atoms with Gasteiger partial charge in [0.2, 0.25) is 17.7 Å². The van der Waals surface area contributed by atoms with E-state index in [0.717, 1.165) is 0 Å². The molecule has 110 valence electrons. The summed E-state index contributed by atoms with van der Waals surface area (Å²) in [7, 11) is 0. The van der Waals surface area contributed by atoms with Crippen LogP contribution in [0.15, 0.2) is 0 Å². The van der Waals surface area contributed by atoms with Gasteiger partial charge in [-0.15, -0.1) is 0 Å². The van der Waals surface area contributed by atoms with E-state index in [2.05, 4.69) is 0 Å². The highest BCUT2D eigenvalue weighted by molar-refractivity contribution is 5.98. The molecule has 0 unspecified atom stereocenters. The van der Waals surface area contributed by atoms with E-state index in [1.54, 1.807) is 9.80 Å². The molecular weight excluding hydrogens is 262 g/mol. The van der Waals surface area contributed by atoms with E-state index in [4.69, 9.17) is 0 Å². The molecule has 7 nitrogen and oxygen atoms in total. The Morgan fingerprint density at radius 2 is 1.50 bits per heavy atom. The third-order valence-corrected chi connectivity index (χ3v) is 3.87. The minimum Gasteiger partial charge on any atom is -0.339 e. The molecule has 1 atom stereocenters. The number of ketones is 1. The molecule has 2 aliphatic rings. The van der Waals surface area contributed by atoms with E-state index >= 15 is 0 Å². The zero-order chi connectivity index (χ0) is 14.9. The molecular formula is C13H19N3O4. The van der Waals surface area contributed by atoms with E-state index in [9.17, 15) is 19.2 Å². The number of likely N-dealkylation sites (tertiary alicyclic amines) is 1. The van der Waals surface area contributed by atoms with Crippen molar-refractivity contribution < 1.29 is 19.2 Å². The lowest BCUT2D eigenvalue weighted by Crippen LogP contribution is -2.54. The molecule has 20 heavy (non-hydrogen) atoms. The van der Waals surface area contributed by atoms with Crippen molar-refractivity contribution in [3.8, 4) is 0 Å². The molecule has 0 aromatic carbocycles. The molecule has 2 rings (SSSR count). The van der Waals surface area contributed by atoms with Crippen LogP contribution in [0.1, 0.15) is 20.3 Å². The molecule has 7 heteroatoms. The molecule has 0 N–H and O–H groups in total. The van der Waals surface area contributed by atoms with Gasteiger partial charge in [-0.3, -0.25) is 19.2 Å². The fraction of sp³-hybridized carbons (Fsp3) is 0.692.